The molecule has 0 aromatic carbocycles. The normalized spacial score (nSPS) is 18.7. The molecule has 6 N–H and O–H groups in total. The fraction of sp³-hybridized carbons (Fsp3) is 0.731. The molecule has 87 heavy (non-hydrogen) atoms. The van der Waals surface area contributed by atoms with Crippen molar-refractivity contribution in [2.24, 2.45) is 0 Å². The molecule has 1 aliphatic heterocycles. The maximum atomic E-state index is 13.1. The zero-order chi connectivity index (χ0) is 62.8. The molecular weight excluding hydrogens is 1080 g/mol. The van der Waals surface area contributed by atoms with Crippen LogP contribution in [0.4, 0.5) is 0 Å². The van der Waals surface area contributed by atoms with E-state index < -0.39 is 49.5 Å². The number of nitrogens with one attached hydrogen (secondary N) is 1. The van der Waals surface area contributed by atoms with E-state index >= 15 is 0 Å². The second-order valence-electron chi connectivity index (χ2n) is 24.7. The zero-order valence-corrected chi connectivity index (χ0v) is 56.0. The van der Waals surface area contributed by atoms with Crippen LogP contribution in [0.25, 0.3) is 0 Å². The Bertz CT molecular complexity index is 1790. The number of aliphatic hydroxyl groups is 5. The van der Waals surface area contributed by atoms with Crippen LogP contribution in [0.2, 0.25) is 0 Å². The predicted octanol–water partition coefficient (Wildman–Crippen LogP) is 20.2. The van der Waals surface area contributed by atoms with Gasteiger partial charge in [-0.1, -0.05) is 334 Å². The van der Waals surface area contributed by atoms with Gasteiger partial charge in [-0.25, -0.2) is 0 Å². The summed E-state index contributed by atoms with van der Waals surface area (Å²) >= 11 is 0. The molecule has 1 aliphatic rings. The first-order valence-corrected chi connectivity index (χ1v) is 36.2. The molecule has 0 bridgehead atoms. The highest BCUT2D eigenvalue weighted by Gasteiger charge is 2.44. The quantitative estimate of drug-likeness (QED) is 0.0261. The summed E-state index contributed by atoms with van der Waals surface area (Å²) in [5.74, 6) is -0.187. The Morgan fingerprint density at radius 1 is 0.402 bits per heavy atom. The molecular formula is C78H135NO8. The van der Waals surface area contributed by atoms with Crippen LogP contribution >= 0.6 is 0 Å². The molecule has 0 aromatic rings. The number of hydrogen-bond acceptors (Lipinski definition) is 8. The molecule has 0 spiro atoms. The summed E-state index contributed by atoms with van der Waals surface area (Å²) in [5.41, 5.74) is 0. The van der Waals surface area contributed by atoms with Gasteiger partial charge in [0, 0.05) is 6.42 Å². The second-order valence-corrected chi connectivity index (χ2v) is 24.7. The molecule has 9 nitrogen and oxygen atoms in total. The molecule has 1 amide bonds. The van der Waals surface area contributed by atoms with E-state index in [0.717, 1.165) is 96.3 Å². The SMILES string of the molecule is CC/C=C\C/C=C\C/C=C\C/C=C\C/C=C\C/C=C\C/C=C\C/C=C\C/C=C\C/C=C\CCCCC(=O)NC(COC1OC(CO)C(O)C(O)C1O)C(O)CCCCCCCCCCCCCCCCCCCCCCCCCCCCCCCCC. The highest BCUT2D eigenvalue weighted by Crippen LogP contribution is 2.24. The number of carbonyl (C=O) groups excluding carboxylic acids is 1. The number of aliphatic hydroxyl groups excluding tert-OH is 5. The highest BCUT2D eigenvalue weighted by atomic mass is 16.7. The maximum Gasteiger partial charge on any atom is 0.220 e. The van der Waals surface area contributed by atoms with Gasteiger partial charge in [-0.05, 0) is 89.9 Å². The summed E-state index contributed by atoms with van der Waals surface area (Å²) in [4.78, 5) is 13.1. The lowest BCUT2D eigenvalue weighted by molar-refractivity contribution is -0.302. The van der Waals surface area contributed by atoms with E-state index in [9.17, 15) is 30.3 Å². The second kappa shape index (κ2) is 65.5. The largest absolute Gasteiger partial charge is 0.394 e. The molecule has 7 unspecified atom stereocenters. The van der Waals surface area contributed by atoms with Crippen LogP contribution < -0.4 is 5.32 Å². The summed E-state index contributed by atoms with van der Waals surface area (Å²) in [5, 5.41) is 54.9. The van der Waals surface area contributed by atoms with E-state index in [0.29, 0.717) is 19.3 Å². The standard InChI is InChI=1S/C78H135NO8/c1-3-5-7-9-11-13-15-17-19-21-23-25-27-29-31-33-35-36-38-40-42-44-46-48-50-52-54-56-58-60-62-64-66-68-74(82)79-71(70-86-78-77(85)76(84)75(83)73(69-80)87-78)72(81)67-65-63-61-59-57-55-53-51-49-47-45-43-41-39-37-34-32-30-28-26-24-22-20-18-16-14-12-10-8-6-4-2/h5,7,11,13,17,19,23,25,29,31,35-36,40,42,46,48,52,54,58,60,71-73,75-78,80-81,83-85H,3-4,6,8-10,12,14-16,18,20-22,24,26-28,30,32-34,37-39,41,43-45,47,49-51,53,55-57,59,61-70H2,1-2H3,(H,79,82)/b7-5-,13-11-,19-17-,25-23-,31-29-,36-35-,42-40-,48-46-,54-52-,60-58-. The van der Waals surface area contributed by atoms with Crippen LogP contribution in [-0.4, -0.2) is 87.5 Å². The van der Waals surface area contributed by atoms with Crippen molar-refractivity contribution in [3.8, 4) is 0 Å². The van der Waals surface area contributed by atoms with Crippen LogP contribution in [0.5, 0.6) is 0 Å². The van der Waals surface area contributed by atoms with Crippen LogP contribution in [-0.2, 0) is 14.3 Å². The summed E-state index contributed by atoms with van der Waals surface area (Å²) in [6.07, 6.45) is 91.3. The molecule has 1 fully saturated rings. The lowest BCUT2D eigenvalue weighted by Gasteiger charge is -2.40. The van der Waals surface area contributed by atoms with Crippen LogP contribution in [0, 0.1) is 0 Å². The van der Waals surface area contributed by atoms with Gasteiger partial charge in [0.1, 0.15) is 24.4 Å². The van der Waals surface area contributed by atoms with E-state index in [-0.39, 0.29) is 12.5 Å². The smallest absolute Gasteiger partial charge is 0.220 e. The summed E-state index contributed by atoms with van der Waals surface area (Å²) in [7, 11) is 0. The van der Waals surface area contributed by atoms with Gasteiger partial charge in [0.2, 0.25) is 5.91 Å². The summed E-state index contributed by atoms with van der Waals surface area (Å²) in [6, 6.07) is -0.754. The van der Waals surface area contributed by atoms with Crippen molar-refractivity contribution in [2.45, 2.75) is 352 Å². The van der Waals surface area contributed by atoms with Gasteiger partial charge >= 0.3 is 0 Å². The Morgan fingerprint density at radius 2 is 0.713 bits per heavy atom. The van der Waals surface area contributed by atoms with E-state index in [1.807, 2.05) is 0 Å². The van der Waals surface area contributed by atoms with Crippen LogP contribution in [0.1, 0.15) is 309 Å². The van der Waals surface area contributed by atoms with E-state index in [2.05, 4.69) is 141 Å². The number of amides is 1. The van der Waals surface area contributed by atoms with Crippen LogP contribution in [0.15, 0.2) is 122 Å². The van der Waals surface area contributed by atoms with Gasteiger partial charge in [0.05, 0.1) is 25.4 Å². The monoisotopic (exact) mass is 1210 g/mol. The first-order chi connectivity index (χ1) is 42.8. The number of hydrogen-bond donors (Lipinski definition) is 6. The van der Waals surface area contributed by atoms with Gasteiger partial charge < -0.3 is 40.3 Å². The Labute approximate surface area is 535 Å². The number of unbranched alkanes of at least 4 members (excludes halogenated alkanes) is 32. The first kappa shape index (κ1) is 81.6. The number of allylic oxidation sites excluding steroid dienone is 20. The lowest BCUT2D eigenvalue weighted by Crippen LogP contribution is -2.60. The minimum atomic E-state index is -1.57. The lowest BCUT2D eigenvalue weighted by atomic mass is 9.99. The minimum Gasteiger partial charge on any atom is -0.394 e. The van der Waals surface area contributed by atoms with Crippen molar-refractivity contribution < 1.29 is 39.8 Å². The Morgan fingerprint density at radius 3 is 1.03 bits per heavy atom. The molecule has 0 radical (unpaired) electrons. The van der Waals surface area contributed by atoms with Gasteiger partial charge in [-0.15, -0.1) is 0 Å². The fourth-order valence-corrected chi connectivity index (χ4v) is 11.0. The molecule has 7 atom stereocenters. The third kappa shape index (κ3) is 54.1. The summed E-state index contributed by atoms with van der Waals surface area (Å²) < 4.78 is 11.4. The molecule has 0 aliphatic carbocycles. The Balaban J connectivity index is 2.17. The molecule has 500 valence electrons. The van der Waals surface area contributed by atoms with Crippen LogP contribution in [0.3, 0.4) is 0 Å². The van der Waals surface area contributed by atoms with Crippen molar-refractivity contribution in [2.75, 3.05) is 13.2 Å². The van der Waals surface area contributed by atoms with Gasteiger partial charge in [-0.3, -0.25) is 4.79 Å². The van der Waals surface area contributed by atoms with Crippen molar-refractivity contribution >= 4 is 5.91 Å². The van der Waals surface area contributed by atoms with E-state index in [1.54, 1.807) is 0 Å². The minimum absolute atomic E-state index is 0.163. The van der Waals surface area contributed by atoms with Crippen molar-refractivity contribution in [1.82, 2.24) is 5.32 Å². The number of ether oxygens (including phenoxy) is 2. The molecule has 1 saturated heterocycles. The molecule has 1 rings (SSSR count). The van der Waals surface area contributed by atoms with Gasteiger partial charge in [0.25, 0.3) is 0 Å². The molecule has 0 saturated carbocycles. The first-order valence-electron chi connectivity index (χ1n) is 36.2. The fourth-order valence-electron chi connectivity index (χ4n) is 11.0. The average molecular weight is 1210 g/mol. The van der Waals surface area contributed by atoms with Crippen molar-refractivity contribution in [1.29, 1.82) is 0 Å². The molecule has 9 heteroatoms. The molecule has 1 heterocycles. The highest BCUT2D eigenvalue weighted by molar-refractivity contribution is 5.76. The zero-order valence-electron chi connectivity index (χ0n) is 56.0. The third-order valence-electron chi connectivity index (χ3n) is 16.6. The number of rotatable bonds is 62. The van der Waals surface area contributed by atoms with E-state index in [1.165, 1.54) is 180 Å². The molecule has 0 aromatic heterocycles. The summed E-state index contributed by atoms with van der Waals surface area (Å²) in [6.45, 7) is 3.73. The topological polar surface area (TPSA) is 149 Å². The Kier molecular flexibility index (Phi) is 61.5. The van der Waals surface area contributed by atoms with Gasteiger partial charge in [0.15, 0.2) is 6.29 Å². The van der Waals surface area contributed by atoms with Crippen molar-refractivity contribution in [3.05, 3.63) is 122 Å². The van der Waals surface area contributed by atoms with Gasteiger partial charge in [-0.2, -0.15) is 0 Å². The number of carbonyl (C=O) groups is 1. The van der Waals surface area contributed by atoms with Crippen molar-refractivity contribution in [3.63, 3.8) is 0 Å². The third-order valence-corrected chi connectivity index (χ3v) is 16.6. The maximum absolute atomic E-state index is 13.1. The Hall–Kier alpha value is -3.41. The predicted molar refractivity (Wildman–Crippen MR) is 373 cm³/mol. The average Bonchev–Trinajstić information content (AvgIpc) is 3.38. The van der Waals surface area contributed by atoms with E-state index in [4.69, 9.17) is 9.47 Å².